The average molecular weight is 237 g/mol. The average Bonchev–Trinajstić information content (AvgIpc) is 3.02. The summed E-state index contributed by atoms with van der Waals surface area (Å²) in [5.41, 5.74) is 1.58. The maximum Gasteiger partial charge on any atom is 0.0102 e. The smallest absolute Gasteiger partial charge is 0.0102 e. The minimum Gasteiger partial charge on any atom is -0.317 e. The molecule has 2 atom stereocenters. The lowest BCUT2D eigenvalue weighted by atomic mass is 9.93. The van der Waals surface area contributed by atoms with E-state index in [4.69, 9.17) is 0 Å². The second-order valence-corrected chi connectivity index (χ2v) is 6.15. The fraction of sp³-hybridized carbons (Fsp3) is 0.714. The molecular weight excluding hydrogens is 214 g/mol. The van der Waals surface area contributed by atoms with Gasteiger partial charge in [0.1, 0.15) is 0 Å². The van der Waals surface area contributed by atoms with E-state index in [1.807, 2.05) is 11.3 Å². The Hall–Kier alpha value is -0.340. The first-order valence-electron chi connectivity index (χ1n) is 6.46. The van der Waals surface area contributed by atoms with E-state index in [0.717, 1.165) is 5.92 Å². The van der Waals surface area contributed by atoms with Crippen LogP contribution in [0.1, 0.15) is 49.5 Å². The maximum absolute atomic E-state index is 3.36. The van der Waals surface area contributed by atoms with Crippen LogP contribution in [0.15, 0.2) is 11.4 Å². The number of hydrogen-bond acceptors (Lipinski definition) is 2. The molecule has 16 heavy (non-hydrogen) atoms. The van der Waals surface area contributed by atoms with Crippen molar-refractivity contribution in [1.29, 1.82) is 0 Å². The zero-order chi connectivity index (χ0) is 11.5. The topological polar surface area (TPSA) is 12.0 Å². The van der Waals surface area contributed by atoms with Gasteiger partial charge in [0.25, 0.3) is 0 Å². The molecule has 2 rings (SSSR count). The summed E-state index contributed by atoms with van der Waals surface area (Å²) in [5.74, 6) is 1.68. The first-order chi connectivity index (χ1) is 7.72. The highest BCUT2D eigenvalue weighted by Crippen LogP contribution is 2.36. The Bertz CT molecular complexity index is 327. The predicted octanol–water partition coefficient (Wildman–Crippen LogP) is 3.80. The highest BCUT2D eigenvalue weighted by Gasteiger charge is 2.22. The summed E-state index contributed by atoms with van der Waals surface area (Å²) < 4.78 is 0. The van der Waals surface area contributed by atoms with Gasteiger partial charge in [-0.05, 0) is 55.7 Å². The first-order valence-corrected chi connectivity index (χ1v) is 7.34. The van der Waals surface area contributed by atoms with E-state index in [1.165, 1.54) is 25.7 Å². The quantitative estimate of drug-likeness (QED) is 0.793. The van der Waals surface area contributed by atoms with Crippen molar-refractivity contribution in [3.05, 3.63) is 21.9 Å². The Balaban J connectivity index is 1.98. The molecule has 1 aliphatic carbocycles. The van der Waals surface area contributed by atoms with Crippen molar-refractivity contribution in [3.8, 4) is 0 Å². The third kappa shape index (κ3) is 2.86. The van der Waals surface area contributed by atoms with Crippen LogP contribution >= 0.6 is 11.3 Å². The molecule has 0 aromatic carbocycles. The van der Waals surface area contributed by atoms with Gasteiger partial charge in [-0.1, -0.05) is 19.8 Å². The van der Waals surface area contributed by atoms with Crippen LogP contribution < -0.4 is 5.32 Å². The molecular formula is C14H23NS. The molecule has 0 saturated heterocycles. The summed E-state index contributed by atoms with van der Waals surface area (Å²) in [6.45, 7) is 4.61. The molecule has 0 amide bonds. The largest absolute Gasteiger partial charge is 0.317 e. The fourth-order valence-corrected chi connectivity index (χ4v) is 3.23. The minimum absolute atomic E-state index is 0.564. The van der Waals surface area contributed by atoms with Crippen molar-refractivity contribution in [2.45, 2.75) is 51.5 Å². The summed E-state index contributed by atoms with van der Waals surface area (Å²) in [6.07, 6.45) is 5.67. The molecule has 90 valence electrons. The normalized spacial score (nSPS) is 19.7. The van der Waals surface area contributed by atoms with Gasteiger partial charge in [-0.15, -0.1) is 11.3 Å². The van der Waals surface area contributed by atoms with Crippen LogP contribution in [-0.2, 0) is 6.42 Å². The minimum atomic E-state index is 0.564. The van der Waals surface area contributed by atoms with Crippen LogP contribution in [0.3, 0.4) is 0 Å². The lowest BCUT2D eigenvalue weighted by Gasteiger charge is -2.20. The van der Waals surface area contributed by atoms with Gasteiger partial charge in [-0.2, -0.15) is 0 Å². The van der Waals surface area contributed by atoms with E-state index in [-0.39, 0.29) is 0 Å². The van der Waals surface area contributed by atoms with Crippen LogP contribution in [0.5, 0.6) is 0 Å². The van der Waals surface area contributed by atoms with Gasteiger partial charge in [0.2, 0.25) is 0 Å². The van der Waals surface area contributed by atoms with Gasteiger partial charge in [-0.25, -0.2) is 0 Å². The number of aryl methyl sites for hydroxylation is 1. The number of likely N-dealkylation sites (N-methyl/N-ethyl adjacent to an activating group) is 1. The van der Waals surface area contributed by atoms with E-state index in [1.54, 1.807) is 10.4 Å². The van der Waals surface area contributed by atoms with Gasteiger partial charge in [-0.3, -0.25) is 0 Å². The van der Waals surface area contributed by atoms with Crippen molar-refractivity contribution in [2.75, 3.05) is 7.05 Å². The Morgan fingerprint density at radius 3 is 2.81 bits per heavy atom. The molecule has 0 unspecified atom stereocenters. The Kier molecular flexibility index (Phi) is 4.04. The standard InChI is InChI=1S/C14H23NS/c1-10(11(2)15-3)13-8-9-16-14(13)7-6-12-4-5-12/h8-12,15H,4-7H2,1-3H3/t10-,11-/m0/s1. The predicted molar refractivity (Wildman–Crippen MR) is 72.3 cm³/mol. The highest BCUT2D eigenvalue weighted by atomic mass is 32.1. The summed E-state index contributed by atoms with van der Waals surface area (Å²) in [7, 11) is 2.05. The van der Waals surface area contributed by atoms with Crippen molar-refractivity contribution in [1.82, 2.24) is 5.32 Å². The van der Waals surface area contributed by atoms with Crippen molar-refractivity contribution in [2.24, 2.45) is 5.92 Å². The van der Waals surface area contributed by atoms with Crippen LogP contribution in [0.2, 0.25) is 0 Å². The van der Waals surface area contributed by atoms with Crippen molar-refractivity contribution in [3.63, 3.8) is 0 Å². The molecule has 1 N–H and O–H groups in total. The van der Waals surface area contributed by atoms with Crippen LogP contribution in [0, 0.1) is 5.92 Å². The van der Waals surface area contributed by atoms with Gasteiger partial charge >= 0.3 is 0 Å². The lowest BCUT2D eigenvalue weighted by Crippen LogP contribution is -2.27. The van der Waals surface area contributed by atoms with Gasteiger partial charge < -0.3 is 5.32 Å². The summed E-state index contributed by atoms with van der Waals surface area (Å²) >= 11 is 1.95. The molecule has 1 heterocycles. The third-order valence-corrected chi connectivity index (χ3v) is 4.95. The summed E-state index contributed by atoms with van der Waals surface area (Å²) in [6, 6.07) is 2.89. The third-order valence-electron chi connectivity index (χ3n) is 3.95. The van der Waals surface area contributed by atoms with Crippen LogP contribution in [0.25, 0.3) is 0 Å². The highest BCUT2D eigenvalue weighted by molar-refractivity contribution is 7.10. The molecule has 0 aliphatic heterocycles. The zero-order valence-electron chi connectivity index (χ0n) is 10.6. The monoisotopic (exact) mass is 237 g/mol. The van der Waals surface area contributed by atoms with Crippen LogP contribution in [0.4, 0.5) is 0 Å². The van der Waals surface area contributed by atoms with Gasteiger partial charge in [0, 0.05) is 10.9 Å². The van der Waals surface area contributed by atoms with E-state index in [9.17, 15) is 0 Å². The molecule has 0 radical (unpaired) electrons. The maximum atomic E-state index is 3.36. The Morgan fingerprint density at radius 1 is 1.44 bits per heavy atom. The fourth-order valence-electron chi connectivity index (χ4n) is 2.22. The van der Waals surface area contributed by atoms with E-state index in [2.05, 4.69) is 37.7 Å². The van der Waals surface area contributed by atoms with E-state index >= 15 is 0 Å². The zero-order valence-corrected chi connectivity index (χ0v) is 11.4. The molecule has 1 aromatic rings. The summed E-state index contributed by atoms with van der Waals surface area (Å²) in [5, 5.41) is 5.62. The summed E-state index contributed by atoms with van der Waals surface area (Å²) in [4.78, 5) is 1.63. The Labute approximate surface area is 103 Å². The molecule has 0 bridgehead atoms. The second-order valence-electron chi connectivity index (χ2n) is 5.15. The number of rotatable bonds is 6. The van der Waals surface area contributed by atoms with E-state index < -0.39 is 0 Å². The molecule has 2 heteroatoms. The molecule has 1 nitrogen and oxygen atoms in total. The first kappa shape index (κ1) is 12.1. The number of nitrogens with one attached hydrogen (secondary N) is 1. The molecule has 0 spiro atoms. The second kappa shape index (κ2) is 5.33. The Morgan fingerprint density at radius 2 is 2.19 bits per heavy atom. The lowest BCUT2D eigenvalue weighted by molar-refractivity contribution is 0.521. The van der Waals surface area contributed by atoms with Gasteiger partial charge in [0.15, 0.2) is 0 Å². The molecule has 1 aromatic heterocycles. The molecule has 1 fully saturated rings. The van der Waals surface area contributed by atoms with E-state index in [0.29, 0.717) is 12.0 Å². The molecule has 1 saturated carbocycles. The van der Waals surface area contributed by atoms with Crippen molar-refractivity contribution >= 4 is 11.3 Å². The van der Waals surface area contributed by atoms with Gasteiger partial charge in [0.05, 0.1) is 0 Å². The number of hydrogen-bond donors (Lipinski definition) is 1. The van der Waals surface area contributed by atoms with Crippen molar-refractivity contribution < 1.29 is 0 Å². The van der Waals surface area contributed by atoms with Crippen LogP contribution in [-0.4, -0.2) is 13.1 Å². The SMILES string of the molecule is CN[C@@H](C)[C@H](C)c1ccsc1CCC1CC1. The molecule has 1 aliphatic rings. The number of thiophene rings is 1.